The molecule has 1 radical (unpaired) electrons. The second-order valence-electron chi connectivity index (χ2n) is 2.88. The average molecular weight is 134 g/mol. The van der Waals surface area contributed by atoms with Gasteiger partial charge in [0.05, 0.1) is 6.54 Å². The van der Waals surface area contributed by atoms with Crippen molar-refractivity contribution in [2.75, 3.05) is 0 Å². The van der Waals surface area contributed by atoms with Gasteiger partial charge in [0.25, 0.3) is 0 Å². The fourth-order valence-corrected chi connectivity index (χ4v) is 1.59. The van der Waals surface area contributed by atoms with E-state index in [1.54, 1.807) is 0 Å². The van der Waals surface area contributed by atoms with Gasteiger partial charge in [-0.3, -0.25) is 0 Å². The van der Waals surface area contributed by atoms with Crippen LogP contribution in [0.1, 0.15) is 25.7 Å². The molecule has 1 aliphatic carbocycles. The monoisotopic (exact) mass is 134 g/mol. The molecule has 0 unspecified atom stereocenters. The van der Waals surface area contributed by atoms with Crippen molar-refractivity contribution in [1.29, 1.82) is 0 Å². The van der Waals surface area contributed by atoms with Gasteiger partial charge >= 0.3 is 0 Å². The van der Waals surface area contributed by atoms with Crippen molar-refractivity contribution in [3.05, 3.63) is 30.0 Å². The zero-order valence-electron chi connectivity index (χ0n) is 6.06. The predicted octanol–water partition coefficient (Wildman–Crippen LogP) is 2.14. The van der Waals surface area contributed by atoms with E-state index in [4.69, 9.17) is 0 Å². The minimum Gasteiger partial charge on any atom is -0.379 e. The molecule has 0 saturated heterocycles. The Morgan fingerprint density at radius 2 is 2.10 bits per heavy atom. The van der Waals surface area contributed by atoms with Crippen LogP contribution in [0, 0.1) is 6.54 Å². The lowest BCUT2D eigenvalue weighted by Crippen LogP contribution is -2.16. The number of allylic oxidation sites excluding steroid dienone is 3. The van der Waals surface area contributed by atoms with Crippen LogP contribution in [0.5, 0.6) is 0 Å². The maximum Gasteiger partial charge on any atom is 0.0682 e. The van der Waals surface area contributed by atoms with Crippen LogP contribution in [-0.4, -0.2) is 0 Å². The maximum absolute atomic E-state index is 3.29. The van der Waals surface area contributed by atoms with E-state index < -0.39 is 0 Å². The van der Waals surface area contributed by atoms with Gasteiger partial charge in [-0.25, -0.2) is 0 Å². The van der Waals surface area contributed by atoms with Crippen molar-refractivity contribution in [2.24, 2.45) is 0 Å². The highest BCUT2D eigenvalue weighted by molar-refractivity contribution is 5.32. The van der Waals surface area contributed by atoms with E-state index in [0.29, 0.717) is 0 Å². The fraction of sp³-hybridized carbons (Fsp3) is 0.444. The van der Waals surface area contributed by atoms with Crippen LogP contribution in [0.25, 0.3) is 0 Å². The number of rotatable bonds is 0. The molecule has 0 saturated carbocycles. The minimum absolute atomic E-state index is 1.25. The van der Waals surface area contributed by atoms with Gasteiger partial charge in [-0.15, -0.1) is 0 Å². The molecule has 10 heavy (non-hydrogen) atoms. The molecule has 0 aromatic carbocycles. The summed E-state index contributed by atoms with van der Waals surface area (Å²) >= 11 is 0. The normalized spacial score (nSPS) is 24.0. The molecule has 1 heterocycles. The third-order valence-electron chi connectivity index (χ3n) is 2.16. The van der Waals surface area contributed by atoms with Gasteiger partial charge in [0.15, 0.2) is 0 Å². The molecule has 0 fully saturated rings. The highest BCUT2D eigenvalue weighted by atomic mass is 14.9. The Bertz CT molecular complexity index is 189. The van der Waals surface area contributed by atoms with Crippen LogP contribution in [0.3, 0.4) is 0 Å². The predicted molar refractivity (Wildman–Crippen MR) is 42.1 cm³/mol. The second-order valence-corrected chi connectivity index (χ2v) is 2.88. The Labute approximate surface area is 61.8 Å². The van der Waals surface area contributed by atoms with Crippen LogP contribution < -0.4 is 5.32 Å². The molecule has 2 rings (SSSR count). The van der Waals surface area contributed by atoms with E-state index in [1.165, 1.54) is 37.0 Å². The quantitative estimate of drug-likeness (QED) is 0.535. The number of dihydropyridines is 1. The third-order valence-corrected chi connectivity index (χ3v) is 2.16. The lowest BCUT2D eigenvalue weighted by molar-refractivity contribution is 0.645. The highest BCUT2D eigenvalue weighted by Gasteiger charge is 2.11. The molecule has 0 aromatic rings. The molecular weight excluding hydrogens is 122 g/mol. The van der Waals surface area contributed by atoms with E-state index in [1.807, 2.05) is 6.54 Å². The summed E-state index contributed by atoms with van der Waals surface area (Å²) in [5, 5.41) is 3.29. The summed E-state index contributed by atoms with van der Waals surface area (Å²) < 4.78 is 0. The highest BCUT2D eigenvalue weighted by Crippen LogP contribution is 2.25. The summed E-state index contributed by atoms with van der Waals surface area (Å²) in [5.41, 5.74) is 2.97. The van der Waals surface area contributed by atoms with Crippen molar-refractivity contribution in [3.8, 4) is 0 Å². The lowest BCUT2D eigenvalue weighted by atomic mass is 9.94. The van der Waals surface area contributed by atoms with Crippen molar-refractivity contribution >= 4 is 0 Å². The molecule has 0 atom stereocenters. The van der Waals surface area contributed by atoms with Gasteiger partial charge in [-0.05, 0) is 31.3 Å². The average Bonchev–Trinajstić information content (AvgIpc) is 2.05. The van der Waals surface area contributed by atoms with Crippen LogP contribution in [0.2, 0.25) is 0 Å². The Kier molecular flexibility index (Phi) is 1.50. The first-order chi connectivity index (χ1) is 4.97. The largest absolute Gasteiger partial charge is 0.379 e. The Morgan fingerprint density at radius 1 is 1.20 bits per heavy atom. The van der Waals surface area contributed by atoms with Gasteiger partial charge in [0, 0.05) is 5.70 Å². The van der Waals surface area contributed by atoms with Crippen LogP contribution in [0.15, 0.2) is 23.4 Å². The first kappa shape index (κ1) is 6.02. The molecule has 1 N–H and O–H groups in total. The Hall–Kier alpha value is -0.720. The summed E-state index contributed by atoms with van der Waals surface area (Å²) in [7, 11) is 0. The first-order valence-corrected chi connectivity index (χ1v) is 3.95. The molecule has 53 valence electrons. The molecule has 0 spiro atoms. The summed E-state index contributed by atoms with van der Waals surface area (Å²) in [5.74, 6) is 0. The minimum atomic E-state index is 1.25. The second kappa shape index (κ2) is 2.49. The van der Waals surface area contributed by atoms with Gasteiger partial charge in [-0.2, -0.15) is 0 Å². The molecule has 0 bridgehead atoms. The van der Waals surface area contributed by atoms with E-state index >= 15 is 0 Å². The first-order valence-electron chi connectivity index (χ1n) is 3.95. The maximum atomic E-state index is 3.29. The lowest BCUT2D eigenvalue weighted by Gasteiger charge is -2.21. The summed E-state index contributed by atoms with van der Waals surface area (Å²) in [6, 6.07) is 0. The Morgan fingerprint density at radius 3 is 3.00 bits per heavy atom. The molecule has 1 aliphatic heterocycles. The topological polar surface area (TPSA) is 12.0 Å². The summed E-state index contributed by atoms with van der Waals surface area (Å²) in [6.45, 7) is 2.02. The molecule has 2 aliphatic rings. The summed E-state index contributed by atoms with van der Waals surface area (Å²) in [4.78, 5) is 0. The van der Waals surface area contributed by atoms with Crippen molar-refractivity contribution in [2.45, 2.75) is 25.7 Å². The van der Waals surface area contributed by atoms with E-state index in [9.17, 15) is 0 Å². The smallest absolute Gasteiger partial charge is 0.0682 e. The fourth-order valence-electron chi connectivity index (χ4n) is 1.59. The Balaban J connectivity index is 2.23. The van der Waals surface area contributed by atoms with Gasteiger partial charge in [-0.1, -0.05) is 12.2 Å². The van der Waals surface area contributed by atoms with Crippen LogP contribution >= 0.6 is 0 Å². The molecule has 0 amide bonds. The molecular formula is C9H12N. The SMILES string of the molecule is [CH]1C=CC2=C(CCCC2)N1. The number of nitrogens with one attached hydrogen (secondary N) is 1. The van der Waals surface area contributed by atoms with E-state index in [2.05, 4.69) is 17.5 Å². The van der Waals surface area contributed by atoms with Gasteiger partial charge in [0.1, 0.15) is 0 Å². The van der Waals surface area contributed by atoms with E-state index in [-0.39, 0.29) is 0 Å². The van der Waals surface area contributed by atoms with Crippen molar-refractivity contribution in [3.63, 3.8) is 0 Å². The van der Waals surface area contributed by atoms with Gasteiger partial charge in [0.2, 0.25) is 0 Å². The zero-order chi connectivity index (χ0) is 6.81. The molecule has 1 heteroatoms. The summed E-state index contributed by atoms with van der Waals surface area (Å²) in [6.07, 6.45) is 9.55. The van der Waals surface area contributed by atoms with Crippen LogP contribution in [0.4, 0.5) is 0 Å². The van der Waals surface area contributed by atoms with Crippen molar-refractivity contribution < 1.29 is 0 Å². The van der Waals surface area contributed by atoms with Crippen molar-refractivity contribution in [1.82, 2.24) is 5.32 Å². The molecule has 0 aromatic heterocycles. The zero-order valence-corrected chi connectivity index (χ0v) is 6.06. The third kappa shape index (κ3) is 0.962. The van der Waals surface area contributed by atoms with Gasteiger partial charge < -0.3 is 5.32 Å². The number of hydrogen-bond donors (Lipinski definition) is 1. The van der Waals surface area contributed by atoms with Crippen LogP contribution in [-0.2, 0) is 0 Å². The van der Waals surface area contributed by atoms with E-state index in [0.717, 1.165) is 0 Å². The number of hydrogen-bond acceptors (Lipinski definition) is 1. The molecule has 1 nitrogen and oxygen atoms in total. The standard InChI is InChI=1S/C9H12N/c1-2-6-9-8(4-1)5-3-7-10-9/h3,5,7,10H,1-2,4,6H2.